The van der Waals surface area contributed by atoms with E-state index in [1.54, 1.807) is 0 Å². The molecule has 4 N–H and O–H groups in total. The first-order chi connectivity index (χ1) is 5.00. The lowest BCUT2D eigenvalue weighted by Crippen LogP contribution is -2.46. The van der Waals surface area contributed by atoms with Crippen LogP contribution in [0.2, 0.25) is 0 Å². The van der Waals surface area contributed by atoms with E-state index in [9.17, 15) is 0 Å². The minimum atomic E-state index is -1.07. The predicted molar refractivity (Wildman–Crippen MR) is 57.1 cm³/mol. The lowest BCUT2D eigenvalue weighted by molar-refractivity contribution is 0.944. The van der Waals surface area contributed by atoms with Crippen molar-refractivity contribution < 1.29 is 0 Å². The number of hydrogen-bond acceptors (Lipinski definition) is 4. The Morgan fingerprint density at radius 2 is 2.00 bits per heavy atom. The predicted octanol–water partition coefficient (Wildman–Crippen LogP) is -1.23. The average Bonchev–Trinajstić information content (AvgIpc) is 1.88. The van der Waals surface area contributed by atoms with Crippen LogP contribution in [-0.2, 0) is 0 Å². The molecule has 0 saturated heterocycles. The zero-order valence-corrected chi connectivity index (χ0v) is 7.83. The molecule has 1 atom stereocenters. The van der Waals surface area contributed by atoms with Crippen LogP contribution in [0, 0.1) is 0 Å². The molecule has 0 aromatic heterocycles. The SMILES string of the molecule is [B]C(N)C([B])([B])SSCCN. The first kappa shape index (κ1) is 11.8. The maximum atomic E-state index is 5.53. The van der Waals surface area contributed by atoms with Gasteiger partial charge in [0.1, 0.15) is 0 Å². The lowest BCUT2D eigenvalue weighted by atomic mass is 9.59. The van der Waals surface area contributed by atoms with Crippen LogP contribution in [0.5, 0.6) is 0 Å². The first-order valence-corrected chi connectivity index (χ1v) is 5.42. The summed E-state index contributed by atoms with van der Waals surface area (Å²) in [6.07, 6.45) is 0. The van der Waals surface area contributed by atoms with Gasteiger partial charge in [0.05, 0.1) is 23.5 Å². The second-order valence-corrected chi connectivity index (χ2v) is 4.80. The summed E-state index contributed by atoms with van der Waals surface area (Å²) in [5.41, 5.74) is 10.6. The molecule has 0 saturated carbocycles. The van der Waals surface area contributed by atoms with Crippen molar-refractivity contribution in [3.05, 3.63) is 0 Å². The second-order valence-electron chi connectivity index (χ2n) is 2.07. The van der Waals surface area contributed by atoms with E-state index in [0.717, 1.165) is 5.75 Å². The van der Waals surface area contributed by atoms with E-state index in [1.165, 1.54) is 21.6 Å². The fourth-order valence-corrected chi connectivity index (χ4v) is 2.23. The molecule has 0 spiro atoms. The molecule has 0 aliphatic heterocycles. The van der Waals surface area contributed by atoms with Crippen LogP contribution in [0.4, 0.5) is 0 Å². The Morgan fingerprint density at radius 1 is 1.45 bits per heavy atom. The van der Waals surface area contributed by atoms with Gasteiger partial charge in [-0.3, -0.25) is 0 Å². The van der Waals surface area contributed by atoms with Crippen LogP contribution < -0.4 is 11.5 Å². The van der Waals surface area contributed by atoms with E-state index >= 15 is 0 Å². The Morgan fingerprint density at radius 3 is 2.36 bits per heavy atom. The Kier molecular flexibility index (Phi) is 5.86. The molecule has 7 heteroatoms. The summed E-state index contributed by atoms with van der Waals surface area (Å²) in [6, 6.07) is 0. The molecule has 0 aromatic carbocycles. The van der Waals surface area contributed by atoms with Gasteiger partial charge in [-0.1, -0.05) is 10.8 Å². The monoisotopic (exact) mass is 182 g/mol. The molecule has 0 aromatic rings. The van der Waals surface area contributed by atoms with Crippen LogP contribution in [-0.4, -0.2) is 46.3 Å². The zero-order chi connectivity index (χ0) is 8.91. The summed E-state index contributed by atoms with van der Waals surface area (Å²) < 4.78 is -1.07. The molecular formula is C4H9B3N2S2. The Bertz CT molecular complexity index is 112. The van der Waals surface area contributed by atoms with Crippen LogP contribution in [0.15, 0.2) is 0 Å². The molecule has 2 nitrogen and oxygen atoms in total. The van der Waals surface area contributed by atoms with E-state index in [1.807, 2.05) is 0 Å². The summed E-state index contributed by atoms with van der Waals surface area (Å²) in [7, 11) is 19.1. The Hall–Kier alpha value is 0.815. The Balaban J connectivity index is 3.55. The van der Waals surface area contributed by atoms with Crippen molar-refractivity contribution in [2.45, 2.75) is 10.5 Å². The number of nitrogens with two attached hydrogens (primary N) is 2. The molecule has 0 rings (SSSR count). The van der Waals surface area contributed by atoms with Gasteiger partial charge >= 0.3 is 0 Å². The maximum absolute atomic E-state index is 5.53. The molecule has 6 radical (unpaired) electrons. The summed E-state index contributed by atoms with van der Waals surface area (Å²) in [5.74, 6) is 0.0610. The van der Waals surface area contributed by atoms with Crippen molar-refractivity contribution in [3.8, 4) is 0 Å². The molecule has 0 amide bonds. The summed E-state index contributed by atoms with van der Waals surface area (Å²) >= 11 is 0. The Labute approximate surface area is 79.6 Å². The number of hydrogen-bond donors (Lipinski definition) is 2. The fourth-order valence-electron chi connectivity index (χ4n) is 0.247. The molecule has 0 aliphatic carbocycles. The lowest BCUT2D eigenvalue weighted by Gasteiger charge is -2.28. The number of rotatable bonds is 5. The second kappa shape index (κ2) is 5.46. The topological polar surface area (TPSA) is 52.0 Å². The third-order valence-electron chi connectivity index (χ3n) is 0.925. The molecule has 11 heavy (non-hydrogen) atoms. The van der Waals surface area contributed by atoms with Crippen LogP contribution in [0.3, 0.4) is 0 Å². The van der Waals surface area contributed by atoms with E-state index in [-0.39, 0.29) is 0 Å². The van der Waals surface area contributed by atoms with Crippen LogP contribution >= 0.6 is 21.6 Å². The van der Waals surface area contributed by atoms with Crippen molar-refractivity contribution in [2.24, 2.45) is 11.5 Å². The van der Waals surface area contributed by atoms with Gasteiger partial charge in [0.2, 0.25) is 0 Å². The van der Waals surface area contributed by atoms with Crippen molar-refractivity contribution >= 4 is 45.1 Å². The van der Waals surface area contributed by atoms with E-state index < -0.39 is 10.5 Å². The quantitative estimate of drug-likeness (QED) is 0.317. The highest BCUT2D eigenvalue weighted by atomic mass is 33.1. The van der Waals surface area contributed by atoms with Gasteiger partial charge in [0.15, 0.2) is 0 Å². The van der Waals surface area contributed by atoms with Crippen molar-refractivity contribution in [1.29, 1.82) is 0 Å². The van der Waals surface area contributed by atoms with Gasteiger partial charge in [-0.25, -0.2) is 0 Å². The normalized spacial score (nSPS) is 14.7. The standard InChI is InChI=1S/C4H9B3N2S2/c5-3(9)4(6,7)11-10-2-1-8/h3H,1-2,8-9H2. The van der Waals surface area contributed by atoms with Gasteiger partial charge in [-0.15, -0.1) is 10.8 Å². The van der Waals surface area contributed by atoms with E-state index in [4.69, 9.17) is 35.0 Å². The fraction of sp³-hybridized carbons (Fsp3) is 1.00. The van der Waals surface area contributed by atoms with Gasteiger partial charge in [0.25, 0.3) is 0 Å². The molecule has 0 aliphatic rings. The summed E-state index contributed by atoms with van der Waals surface area (Å²) in [4.78, 5) is 0. The minimum absolute atomic E-state index is 0.591. The first-order valence-electron chi connectivity index (χ1n) is 3.10. The van der Waals surface area contributed by atoms with Gasteiger partial charge in [0, 0.05) is 12.3 Å². The minimum Gasteiger partial charge on any atom is -0.336 e. The highest BCUT2D eigenvalue weighted by Crippen LogP contribution is 2.31. The maximum Gasteiger partial charge on any atom is 0.0901 e. The third-order valence-corrected chi connectivity index (χ3v) is 3.73. The third kappa shape index (κ3) is 5.12. The molecule has 0 fully saturated rings. The average molecular weight is 182 g/mol. The largest absolute Gasteiger partial charge is 0.336 e. The van der Waals surface area contributed by atoms with Crippen LogP contribution in [0.25, 0.3) is 0 Å². The van der Waals surface area contributed by atoms with Crippen LogP contribution in [0.1, 0.15) is 0 Å². The highest BCUT2D eigenvalue weighted by Gasteiger charge is 2.21. The molecular weight excluding hydrogens is 173 g/mol. The molecule has 56 valence electrons. The van der Waals surface area contributed by atoms with Crippen molar-refractivity contribution in [3.63, 3.8) is 0 Å². The molecule has 0 heterocycles. The van der Waals surface area contributed by atoms with Crippen molar-refractivity contribution in [1.82, 2.24) is 0 Å². The zero-order valence-electron chi connectivity index (χ0n) is 6.19. The smallest absolute Gasteiger partial charge is 0.0901 e. The van der Waals surface area contributed by atoms with Crippen molar-refractivity contribution in [2.75, 3.05) is 12.3 Å². The van der Waals surface area contributed by atoms with Gasteiger partial charge in [-0.2, -0.15) is 0 Å². The summed E-state index contributed by atoms with van der Waals surface area (Å²) in [6.45, 7) is 0.591. The van der Waals surface area contributed by atoms with E-state index in [2.05, 4.69) is 0 Å². The molecule has 0 bridgehead atoms. The van der Waals surface area contributed by atoms with E-state index in [0.29, 0.717) is 6.54 Å². The summed E-state index contributed by atoms with van der Waals surface area (Å²) in [5, 5.41) is 0. The van der Waals surface area contributed by atoms with Gasteiger partial charge < -0.3 is 11.5 Å². The molecule has 1 unspecified atom stereocenters. The van der Waals surface area contributed by atoms with Gasteiger partial charge in [-0.05, 0) is 10.5 Å². The highest BCUT2D eigenvalue weighted by molar-refractivity contribution is 8.77.